The summed E-state index contributed by atoms with van der Waals surface area (Å²) in [4.78, 5) is 16.7. The van der Waals surface area contributed by atoms with Crippen molar-refractivity contribution in [2.45, 2.75) is 38.4 Å². The van der Waals surface area contributed by atoms with Crippen molar-refractivity contribution in [3.63, 3.8) is 0 Å². The van der Waals surface area contributed by atoms with E-state index in [1.807, 2.05) is 4.90 Å². The molecular weight excluding hydrogens is 242 g/mol. The van der Waals surface area contributed by atoms with E-state index in [9.17, 15) is 4.79 Å². The molecule has 3 atom stereocenters. The number of hydrogen-bond acceptors (Lipinski definition) is 4. The fourth-order valence-electron chi connectivity index (χ4n) is 2.96. The van der Waals surface area contributed by atoms with Crippen LogP contribution in [-0.4, -0.2) is 67.7 Å². The summed E-state index contributed by atoms with van der Waals surface area (Å²) in [5, 5.41) is 0. The third kappa shape index (κ3) is 3.91. The largest absolute Gasteiger partial charge is 0.375 e. The number of carbonyl (C=O) groups is 1. The summed E-state index contributed by atoms with van der Waals surface area (Å²) in [6, 6.07) is 0. The van der Waals surface area contributed by atoms with Crippen LogP contribution in [0.2, 0.25) is 0 Å². The Morgan fingerprint density at radius 2 is 2.00 bits per heavy atom. The highest BCUT2D eigenvalue weighted by Gasteiger charge is 2.30. The Balaban J connectivity index is 1.84. The molecule has 5 nitrogen and oxygen atoms in total. The lowest BCUT2D eigenvalue weighted by molar-refractivity contribution is -0.138. The van der Waals surface area contributed by atoms with Gasteiger partial charge in [-0.1, -0.05) is 0 Å². The lowest BCUT2D eigenvalue weighted by Crippen LogP contribution is -2.50. The van der Waals surface area contributed by atoms with Crippen LogP contribution in [0, 0.1) is 5.92 Å². The van der Waals surface area contributed by atoms with E-state index in [4.69, 9.17) is 10.5 Å². The average molecular weight is 269 g/mol. The zero-order chi connectivity index (χ0) is 13.8. The third-order valence-corrected chi connectivity index (χ3v) is 4.32. The maximum absolute atomic E-state index is 12.5. The van der Waals surface area contributed by atoms with Crippen molar-refractivity contribution in [2.24, 2.45) is 11.7 Å². The molecule has 2 aliphatic heterocycles. The van der Waals surface area contributed by atoms with Crippen LogP contribution >= 0.6 is 0 Å². The maximum Gasteiger partial charge on any atom is 0.227 e. The molecule has 19 heavy (non-hydrogen) atoms. The number of rotatable bonds is 4. The van der Waals surface area contributed by atoms with Crippen LogP contribution in [0.5, 0.6) is 0 Å². The highest BCUT2D eigenvalue weighted by atomic mass is 16.5. The number of likely N-dealkylation sites (N-methyl/N-ethyl adjacent to an activating group) is 1. The maximum atomic E-state index is 12.5. The Bertz CT molecular complexity index is 303. The van der Waals surface area contributed by atoms with Crippen LogP contribution in [0.4, 0.5) is 0 Å². The SMILES string of the molecule is CC1CCC(CC(CN)C(=O)N2CCN(C)CC2)O1. The molecular formula is C14H27N3O2. The Kier molecular flexibility index (Phi) is 5.19. The first-order chi connectivity index (χ1) is 9.10. The number of carbonyl (C=O) groups excluding carboxylic acids is 1. The lowest BCUT2D eigenvalue weighted by Gasteiger charge is -2.34. The third-order valence-electron chi connectivity index (χ3n) is 4.32. The van der Waals surface area contributed by atoms with Gasteiger partial charge in [-0.15, -0.1) is 0 Å². The second kappa shape index (κ2) is 6.68. The summed E-state index contributed by atoms with van der Waals surface area (Å²) in [7, 11) is 2.09. The van der Waals surface area contributed by atoms with Crippen LogP contribution in [0.15, 0.2) is 0 Å². The second-order valence-corrected chi connectivity index (χ2v) is 5.94. The fraction of sp³-hybridized carbons (Fsp3) is 0.929. The van der Waals surface area contributed by atoms with E-state index in [0.717, 1.165) is 45.4 Å². The van der Waals surface area contributed by atoms with Crippen molar-refractivity contribution >= 4 is 5.91 Å². The molecule has 1 amide bonds. The van der Waals surface area contributed by atoms with Crippen molar-refractivity contribution in [1.82, 2.24) is 9.80 Å². The normalized spacial score (nSPS) is 30.6. The van der Waals surface area contributed by atoms with Crippen LogP contribution < -0.4 is 5.73 Å². The van der Waals surface area contributed by atoms with E-state index >= 15 is 0 Å². The number of piperazine rings is 1. The molecule has 0 aromatic heterocycles. The molecule has 2 saturated heterocycles. The van der Waals surface area contributed by atoms with E-state index < -0.39 is 0 Å². The summed E-state index contributed by atoms with van der Waals surface area (Å²) in [5.41, 5.74) is 5.81. The molecule has 0 spiro atoms. The van der Waals surface area contributed by atoms with Crippen LogP contribution in [0.3, 0.4) is 0 Å². The van der Waals surface area contributed by atoms with Crippen LogP contribution in [0.1, 0.15) is 26.2 Å². The van der Waals surface area contributed by atoms with Gasteiger partial charge in [0.1, 0.15) is 0 Å². The molecule has 2 heterocycles. The highest BCUT2D eigenvalue weighted by molar-refractivity contribution is 5.79. The van der Waals surface area contributed by atoms with E-state index in [1.54, 1.807) is 0 Å². The minimum absolute atomic E-state index is 0.0706. The van der Waals surface area contributed by atoms with Crippen molar-refractivity contribution < 1.29 is 9.53 Å². The van der Waals surface area contributed by atoms with Crippen molar-refractivity contribution in [2.75, 3.05) is 39.8 Å². The Hall–Kier alpha value is -0.650. The van der Waals surface area contributed by atoms with Crippen LogP contribution in [0.25, 0.3) is 0 Å². The number of nitrogens with two attached hydrogens (primary N) is 1. The van der Waals surface area contributed by atoms with Gasteiger partial charge in [-0.25, -0.2) is 0 Å². The van der Waals surface area contributed by atoms with Gasteiger partial charge in [0.2, 0.25) is 5.91 Å². The fourth-order valence-corrected chi connectivity index (χ4v) is 2.96. The van der Waals surface area contributed by atoms with E-state index in [2.05, 4.69) is 18.9 Å². The van der Waals surface area contributed by atoms with E-state index in [0.29, 0.717) is 12.6 Å². The number of ether oxygens (including phenoxy) is 1. The predicted molar refractivity (Wildman–Crippen MR) is 74.8 cm³/mol. The van der Waals surface area contributed by atoms with Gasteiger partial charge < -0.3 is 20.3 Å². The summed E-state index contributed by atoms with van der Waals surface area (Å²) in [5.74, 6) is 0.150. The topological polar surface area (TPSA) is 58.8 Å². The molecule has 0 bridgehead atoms. The summed E-state index contributed by atoms with van der Waals surface area (Å²) < 4.78 is 5.81. The standard InChI is InChI=1S/C14H27N3O2/c1-11-3-4-13(19-11)9-12(10-15)14(18)17-7-5-16(2)6-8-17/h11-13H,3-10,15H2,1-2H3. The molecule has 0 aliphatic carbocycles. The monoisotopic (exact) mass is 269 g/mol. The molecule has 2 aliphatic rings. The van der Waals surface area contributed by atoms with Gasteiger partial charge in [-0.3, -0.25) is 4.79 Å². The zero-order valence-corrected chi connectivity index (χ0v) is 12.2. The minimum atomic E-state index is -0.0706. The molecule has 2 rings (SSSR count). The first-order valence-electron chi connectivity index (χ1n) is 7.43. The summed E-state index contributed by atoms with van der Waals surface area (Å²) in [6.45, 7) is 6.10. The number of amides is 1. The lowest BCUT2D eigenvalue weighted by atomic mass is 9.98. The van der Waals surface area contributed by atoms with Gasteiger partial charge in [0.25, 0.3) is 0 Å². The van der Waals surface area contributed by atoms with Gasteiger partial charge in [0.15, 0.2) is 0 Å². The highest BCUT2D eigenvalue weighted by Crippen LogP contribution is 2.25. The van der Waals surface area contributed by atoms with Gasteiger partial charge in [0.05, 0.1) is 18.1 Å². The van der Waals surface area contributed by atoms with Crippen LogP contribution in [-0.2, 0) is 9.53 Å². The van der Waals surface area contributed by atoms with E-state index in [1.165, 1.54) is 0 Å². The molecule has 5 heteroatoms. The molecule has 0 saturated carbocycles. The summed E-state index contributed by atoms with van der Waals surface area (Å²) >= 11 is 0. The minimum Gasteiger partial charge on any atom is -0.375 e. The smallest absolute Gasteiger partial charge is 0.227 e. The van der Waals surface area contributed by atoms with Crippen molar-refractivity contribution in [1.29, 1.82) is 0 Å². The quantitative estimate of drug-likeness (QED) is 0.797. The molecule has 0 radical (unpaired) electrons. The predicted octanol–water partition coefficient (Wildman–Crippen LogP) is 0.293. The molecule has 0 aromatic rings. The zero-order valence-electron chi connectivity index (χ0n) is 12.2. The van der Waals surface area contributed by atoms with Gasteiger partial charge in [-0.05, 0) is 33.2 Å². The Morgan fingerprint density at radius 1 is 1.32 bits per heavy atom. The molecule has 2 fully saturated rings. The molecule has 110 valence electrons. The van der Waals surface area contributed by atoms with Crippen molar-refractivity contribution in [3.05, 3.63) is 0 Å². The van der Waals surface area contributed by atoms with E-state index in [-0.39, 0.29) is 17.9 Å². The molecule has 2 N–H and O–H groups in total. The Morgan fingerprint density at radius 3 is 2.53 bits per heavy atom. The second-order valence-electron chi connectivity index (χ2n) is 5.94. The van der Waals surface area contributed by atoms with Gasteiger partial charge in [0, 0.05) is 32.7 Å². The van der Waals surface area contributed by atoms with Gasteiger partial charge in [-0.2, -0.15) is 0 Å². The number of hydrogen-bond donors (Lipinski definition) is 1. The first-order valence-corrected chi connectivity index (χ1v) is 7.43. The molecule has 3 unspecified atom stereocenters. The Labute approximate surface area is 116 Å². The summed E-state index contributed by atoms with van der Waals surface area (Å²) in [6.07, 6.45) is 3.51. The molecule has 0 aromatic carbocycles. The van der Waals surface area contributed by atoms with Crippen molar-refractivity contribution in [3.8, 4) is 0 Å². The average Bonchev–Trinajstić information content (AvgIpc) is 2.81. The first kappa shape index (κ1) is 14.8. The number of nitrogens with zero attached hydrogens (tertiary/aromatic N) is 2. The van der Waals surface area contributed by atoms with Gasteiger partial charge >= 0.3 is 0 Å².